The number of furan rings is 2. The van der Waals surface area contributed by atoms with Crippen LogP contribution in [-0.4, -0.2) is 172 Å². The van der Waals surface area contributed by atoms with E-state index in [-0.39, 0.29) is 86.2 Å². The molecule has 24 atom stereocenters. The molecule has 4 aromatic rings. The first-order chi connectivity index (χ1) is 51.6. The number of hydrogen-bond acceptors (Lipinski definition) is 23. The van der Waals surface area contributed by atoms with Crippen molar-refractivity contribution in [1.29, 1.82) is 0 Å². The predicted molar refractivity (Wildman–Crippen MR) is 400 cm³/mol. The molecule has 0 aliphatic carbocycles. The summed E-state index contributed by atoms with van der Waals surface area (Å²) in [6.07, 6.45) is -1.57. The number of ether oxygens (including phenoxy) is 8. The van der Waals surface area contributed by atoms with Gasteiger partial charge in [-0.2, -0.15) is 0 Å². The molecule has 1 aromatic carbocycles. The zero-order valence-corrected chi connectivity index (χ0v) is 66.8. The molecular formula is C83H115N5O22. The number of fused-ring (bicyclic) bond motifs is 2. The molecule has 0 saturated carbocycles. The highest BCUT2D eigenvalue weighted by Crippen LogP contribution is 2.46. The lowest BCUT2D eigenvalue weighted by molar-refractivity contribution is -0.284. The fourth-order valence-electron chi connectivity index (χ4n) is 17.6. The Bertz CT molecular complexity index is 3670. The van der Waals surface area contributed by atoms with Crippen LogP contribution in [0.5, 0.6) is 0 Å². The zero-order valence-electron chi connectivity index (χ0n) is 66.8. The molecule has 27 nitrogen and oxygen atoms in total. The molecule has 0 bridgehead atoms. The molecule has 27 heteroatoms. The first-order valence-corrected chi connectivity index (χ1v) is 38.8. The number of aliphatic hydroxyl groups is 2. The van der Waals surface area contributed by atoms with Crippen molar-refractivity contribution in [2.24, 2.45) is 70.0 Å². The highest BCUT2D eigenvalue weighted by molar-refractivity contribution is 6.01. The lowest BCUT2D eigenvalue weighted by atomic mass is 9.69. The van der Waals surface area contributed by atoms with Crippen LogP contribution >= 0.6 is 0 Å². The number of pyridine rings is 1. The minimum Gasteiger partial charge on any atom is -0.464 e. The summed E-state index contributed by atoms with van der Waals surface area (Å²) in [6.45, 7) is 31.8. The van der Waals surface area contributed by atoms with Gasteiger partial charge in [0.1, 0.15) is 59.3 Å². The van der Waals surface area contributed by atoms with Crippen molar-refractivity contribution in [2.45, 2.75) is 261 Å². The Morgan fingerprint density at radius 3 is 1.35 bits per heavy atom. The van der Waals surface area contributed by atoms with Crippen LogP contribution in [0.3, 0.4) is 0 Å². The summed E-state index contributed by atoms with van der Waals surface area (Å²) in [7, 11) is 0. The second kappa shape index (κ2) is 35.6. The number of carbonyl (C=O) groups is 10. The number of hydrogen-bond donors (Lipinski definition) is 6. The number of ketones is 4. The van der Waals surface area contributed by atoms with E-state index in [1.807, 2.05) is 85.7 Å². The van der Waals surface area contributed by atoms with Gasteiger partial charge >= 0.3 is 24.1 Å². The maximum atomic E-state index is 14.2. The first kappa shape index (κ1) is 85.8. The average molecular weight is 1530 g/mol. The van der Waals surface area contributed by atoms with Gasteiger partial charge < -0.3 is 78.2 Å². The second-order valence-corrected chi connectivity index (χ2v) is 33.7. The molecular weight excluding hydrogens is 1420 g/mol. The molecule has 6 fully saturated rings. The summed E-state index contributed by atoms with van der Waals surface area (Å²) in [4.78, 5) is 141. The molecule has 0 radical (unpaired) electrons. The molecule has 4 amide bonds. The van der Waals surface area contributed by atoms with Gasteiger partial charge in [-0.3, -0.25) is 43.3 Å². The number of nitrogens with zero attached hydrogens (tertiary/aromatic N) is 1. The minimum atomic E-state index is -1.53. The molecule has 6 aliphatic heterocycles. The van der Waals surface area contributed by atoms with Crippen molar-refractivity contribution in [3.05, 3.63) is 90.6 Å². The number of aromatic nitrogens is 1. The van der Waals surface area contributed by atoms with E-state index in [1.54, 1.807) is 105 Å². The highest BCUT2D eigenvalue weighted by atomic mass is 16.7. The zero-order chi connectivity index (χ0) is 80.8. The van der Waals surface area contributed by atoms with E-state index in [4.69, 9.17) is 46.7 Å². The van der Waals surface area contributed by atoms with Gasteiger partial charge in [-0.1, -0.05) is 101 Å². The van der Waals surface area contributed by atoms with Crippen LogP contribution in [0.25, 0.3) is 22.6 Å². The fourth-order valence-corrected chi connectivity index (χ4v) is 17.6. The number of nitrogens with one attached hydrogen (secondary N) is 4. The van der Waals surface area contributed by atoms with Crippen LogP contribution in [-0.2, 0) is 89.1 Å². The van der Waals surface area contributed by atoms with Crippen molar-refractivity contribution >= 4 is 59.1 Å². The van der Waals surface area contributed by atoms with Crippen molar-refractivity contribution in [3.8, 4) is 22.6 Å². The van der Waals surface area contributed by atoms with Crippen molar-refractivity contribution in [2.75, 3.05) is 13.1 Å². The normalized spacial score (nSPS) is 35.9. The minimum absolute atomic E-state index is 0.00307. The summed E-state index contributed by atoms with van der Waals surface area (Å²) in [5, 5.41) is 33.4. The van der Waals surface area contributed by atoms with Crippen molar-refractivity contribution in [3.63, 3.8) is 0 Å². The molecule has 6 saturated heterocycles. The monoisotopic (exact) mass is 1530 g/mol. The summed E-state index contributed by atoms with van der Waals surface area (Å²) in [5.41, 5.74) is -1.72. The van der Waals surface area contributed by atoms with Crippen molar-refractivity contribution < 1.29 is 105 Å². The summed E-state index contributed by atoms with van der Waals surface area (Å²) in [5.74, 6) is -9.42. The van der Waals surface area contributed by atoms with Gasteiger partial charge in [0.2, 0.25) is 11.8 Å². The number of amides is 4. The van der Waals surface area contributed by atoms with E-state index in [9.17, 15) is 58.2 Å². The maximum Gasteiger partial charge on any atom is 0.408 e. The van der Waals surface area contributed by atoms with Gasteiger partial charge in [-0.15, -0.1) is 0 Å². The van der Waals surface area contributed by atoms with E-state index < -0.39 is 166 Å². The Balaban J connectivity index is 0.000000253. The largest absolute Gasteiger partial charge is 0.464 e. The molecule has 8 unspecified atom stereocenters. The Morgan fingerprint density at radius 1 is 0.518 bits per heavy atom. The third kappa shape index (κ3) is 19.8. The third-order valence-corrected chi connectivity index (χ3v) is 23.6. The van der Waals surface area contributed by atoms with E-state index in [0.29, 0.717) is 42.8 Å². The summed E-state index contributed by atoms with van der Waals surface area (Å²) in [6, 6.07) is 14.6. The molecule has 6 N–H and O–H groups in total. The highest BCUT2D eigenvalue weighted by Gasteiger charge is 2.60. The maximum absolute atomic E-state index is 14.2. The number of Topliss-reactive ketones (excluding diaryl/α,β-unsaturated/α-hetero) is 4. The van der Waals surface area contributed by atoms with Gasteiger partial charge in [-0.25, -0.2) is 9.59 Å². The van der Waals surface area contributed by atoms with Gasteiger partial charge in [0, 0.05) is 85.0 Å². The SMILES string of the molecule is CC1CC(C)C(O)C(O[C@@H]2[C@@H](C)C(=O)[C@@H](C)C(=O)O[C@H](CCNC(=O)Cc3cccc(-c4ccco4)c3)[C@@]3(C)OC(=O)N[C@@H]3[C@@H](C)C(=O)[C@H](C)CC2(C)C)O1.CC1CC(C)C(O)C(O[C@@H]2[C@@H](C)C(=O)[C@@H](C)C(=O)O[C@H](CCNC(=O)Cc3cncc(-c4ccco4)c3)[C@@]3(C)OC(=O)N[C@@H]3[C@@H](C)C(=O)[C@H](C)CC2(C)C)O1. The molecule has 9 heterocycles. The van der Waals surface area contributed by atoms with Crippen LogP contribution in [0.4, 0.5) is 9.59 Å². The second-order valence-electron chi connectivity index (χ2n) is 33.7. The molecule has 0 spiro atoms. The quantitative estimate of drug-likeness (QED) is 0.0345. The number of carbonyl (C=O) groups excluding carboxylic acids is 10. The average Bonchev–Trinajstić information content (AvgIpc) is 1.59. The predicted octanol–water partition coefficient (Wildman–Crippen LogP) is 10.2. The number of aliphatic hydroxyl groups excluding tert-OH is 2. The van der Waals surface area contributed by atoms with Crippen LogP contribution in [0.15, 0.2) is 88.4 Å². The Labute approximate surface area is 644 Å². The number of alkyl carbamates (subject to hydrolysis) is 2. The van der Waals surface area contributed by atoms with Crippen LogP contribution in [0, 0.1) is 70.0 Å². The number of cyclic esters (lactones) is 2. The van der Waals surface area contributed by atoms with E-state index in [0.717, 1.165) is 16.7 Å². The van der Waals surface area contributed by atoms with Crippen LogP contribution < -0.4 is 21.3 Å². The number of benzene rings is 1. The van der Waals surface area contributed by atoms with Crippen LogP contribution in [0.1, 0.15) is 174 Å². The van der Waals surface area contributed by atoms with Gasteiger partial charge in [-0.05, 0) is 137 Å². The van der Waals surface area contributed by atoms with E-state index in [1.165, 1.54) is 13.8 Å². The number of rotatable bonds is 16. The summed E-state index contributed by atoms with van der Waals surface area (Å²) < 4.78 is 59.9. The van der Waals surface area contributed by atoms with Gasteiger partial charge in [0.05, 0.1) is 61.9 Å². The molecule has 10 rings (SSSR count). The topological polar surface area (TPSA) is 372 Å². The van der Waals surface area contributed by atoms with E-state index >= 15 is 0 Å². The lowest BCUT2D eigenvalue weighted by Crippen LogP contribution is -2.58. The summed E-state index contributed by atoms with van der Waals surface area (Å²) >= 11 is 0. The van der Waals surface area contributed by atoms with Crippen molar-refractivity contribution in [1.82, 2.24) is 26.3 Å². The fraction of sp³-hybridized carbons (Fsp3) is 0.651. The van der Waals surface area contributed by atoms with Crippen LogP contribution in [0.2, 0.25) is 0 Å². The Kier molecular flexibility index (Phi) is 27.8. The molecule has 6 aliphatic rings. The molecule has 3 aromatic heterocycles. The standard InChI is InChI=1S/C42H58N2O11.C41H57N3O11/c1-22-18-24(3)52-39(34(22)47)54-37-26(5)35(48)27(6)38(49)53-31(15-16-43-32(45)20-28-12-10-13-29(19-28)30-14-11-17-51-30)42(9)36(44-40(50)55-42)25(4)33(46)23(2)21-41(37,7)8;1-21-15-23(3)52-38(33(21)47)54-36-25(5)34(48)26(6)37(49)53-30(12-13-43-31(45)17-27-16-28(20-42-19-27)29-11-10-14-51-29)41(9)35(44-39(50)55-41)24(4)32(46)22(2)18-40(36,7)8/h10-14,17,19,22-27,31,34,36-37,39,47H,15-16,18,20-21H2,1-9H3,(H,43,45)(H,44,50);10-11,14,16,19-26,30,33,35-36,38,47H,12-13,15,17-18H2,1-9H3,(H,43,45)(H,44,50)/t22?,23-,24?,25+,26+,27-,31-,34?,36-,37-,39?,42-;21?,22-,23?,24+,25+,26-,30-,33?,35-,36-,38?,41-/m11/s1. The van der Waals surface area contributed by atoms with Gasteiger partial charge in [0.25, 0.3) is 0 Å². The third-order valence-electron chi connectivity index (χ3n) is 23.6. The molecule has 110 heavy (non-hydrogen) atoms. The Morgan fingerprint density at radius 2 is 0.927 bits per heavy atom. The lowest BCUT2D eigenvalue weighted by Gasteiger charge is -2.45. The van der Waals surface area contributed by atoms with Gasteiger partial charge in [0.15, 0.2) is 35.3 Å². The number of esters is 2. The van der Waals surface area contributed by atoms with E-state index in [2.05, 4.69) is 26.3 Å². The smallest absolute Gasteiger partial charge is 0.408 e. The first-order valence-electron chi connectivity index (χ1n) is 38.8. The molecule has 604 valence electrons. The Hall–Kier alpha value is -8.21.